The highest BCUT2D eigenvalue weighted by Gasteiger charge is 2.46. The van der Waals surface area contributed by atoms with Gasteiger partial charge in [0.2, 0.25) is 0 Å². The van der Waals surface area contributed by atoms with Gasteiger partial charge in [0.05, 0.1) is 38.2 Å². The van der Waals surface area contributed by atoms with Gasteiger partial charge in [0.1, 0.15) is 7.85 Å². The quantitative estimate of drug-likeness (QED) is 0.809. The molecule has 0 amide bonds. The molecule has 1 aliphatic heterocycles. The molecule has 1 saturated heterocycles. The minimum atomic E-state index is -0.244. The van der Waals surface area contributed by atoms with Crippen molar-refractivity contribution in [3.63, 3.8) is 0 Å². The van der Waals surface area contributed by atoms with Gasteiger partial charge < -0.3 is 14.8 Å². The van der Waals surface area contributed by atoms with E-state index in [-0.39, 0.29) is 6.29 Å². The minimum Gasteiger partial charge on any atom is -0.362 e. The monoisotopic (exact) mass is 325 g/mol. The van der Waals surface area contributed by atoms with Gasteiger partial charge in [-0.2, -0.15) is 0 Å². The van der Waals surface area contributed by atoms with Crippen LogP contribution >= 0.6 is 0 Å². The Balaban J connectivity index is 1.30. The number of aryl methyl sites for hydroxylation is 1. The van der Waals surface area contributed by atoms with Crippen LogP contribution in [0.15, 0.2) is 18.5 Å². The first-order valence-corrected chi connectivity index (χ1v) is 8.20. The van der Waals surface area contributed by atoms with Crippen molar-refractivity contribution in [1.82, 2.24) is 20.0 Å². The van der Waals surface area contributed by atoms with Crippen LogP contribution in [-0.4, -0.2) is 47.3 Å². The van der Waals surface area contributed by atoms with Gasteiger partial charge in [-0.05, 0) is 25.3 Å². The van der Waals surface area contributed by atoms with E-state index in [0.717, 1.165) is 24.5 Å². The molecule has 1 N–H and O–H groups in total. The molecule has 0 aromatic carbocycles. The third kappa shape index (κ3) is 3.44. The number of hydrogen-bond acceptors (Lipinski definition) is 6. The van der Waals surface area contributed by atoms with Crippen molar-refractivity contribution in [2.45, 2.75) is 39.1 Å². The number of rotatable bonds is 5. The van der Waals surface area contributed by atoms with E-state index in [1.165, 1.54) is 12.8 Å². The fraction of sp³-hybridized carbons (Fsp3) is 0.562. The molecule has 2 aromatic heterocycles. The van der Waals surface area contributed by atoms with E-state index in [0.29, 0.717) is 29.8 Å². The molecule has 1 aliphatic carbocycles. The maximum atomic E-state index is 5.77. The lowest BCUT2D eigenvalue weighted by Gasteiger charge is -2.29. The number of aromatic nitrogens is 4. The van der Waals surface area contributed by atoms with Crippen LogP contribution in [0.3, 0.4) is 0 Å². The van der Waals surface area contributed by atoms with E-state index in [2.05, 4.69) is 20.6 Å². The van der Waals surface area contributed by atoms with Crippen molar-refractivity contribution in [3.8, 4) is 0 Å². The summed E-state index contributed by atoms with van der Waals surface area (Å²) in [5.41, 5.74) is 2.97. The molecule has 24 heavy (non-hydrogen) atoms. The third-order valence-corrected chi connectivity index (χ3v) is 4.63. The van der Waals surface area contributed by atoms with E-state index in [1.807, 2.05) is 19.2 Å². The van der Waals surface area contributed by atoms with Crippen molar-refractivity contribution < 1.29 is 9.47 Å². The van der Waals surface area contributed by atoms with Gasteiger partial charge in [-0.15, -0.1) is 5.10 Å². The van der Waals surface area contributed by atoms with E-state index in [1.54, 1.807) is 10.9 Å². The van der Waals surface area contributed by atoms with Crippen molar-refractivity contribution >= 4 is 19.1 Å². The molecule has 8 heteroatoms. The zero-order valence-corrected chi connectivity index (χ0v) is 13.7. The highest BCUT2D eigenvalue weighted by molar-refractivity contribution is 6.32. The van der Waals surface area contributed by atoms with Crippen LogP contribution in [0.2, 0.25) is 0 Å². The fourth-order valence-corrected chi connectivity index (χ4v) is 2.81. The molecule has 4 rings (SSSR count). The molecule has 3 heterocycles. The molecule has 0 atom stereocenters. The van der Waals surface area contributed by atoms with Crippen molar-refractivity contribution in [1.29, 1.82) is 0 Å². The smallest absolute Gasteiger partial charge is 0.177 e. The van der Waals surface area contributed by atoms with Crippen LogP contribution in [0.25, 0.3) is 0 Å². The Hall–Kier alpha value is -1.93. The molecule has 7 nitrogen and oxygen atoms in total. The number of nitrogens with zero attached hydrogens (tertiary/aromatic N) is 4. The summed E-state index contributed by atoms with van der Waals surface area (Å²) in [6.07, 6.45) is 5.70. The zero-order chi connectivity index (χ0) is 16.6. The number of hydrogen-bond donors (Lipinski definition) is 1. The summed E-state index contributed by atoms with van der Waals surface area (Å²) in [5.74, 6) is 0.697. The Kier molecular flexibility index (Phi) is 4.01. The minimum absolute atomic E-state index is 0.244. The average molecular weight is 325 g/mol. The van der Waals surface area contributed by atoms with Crippen LogP contribution in [0.1, 0.15) is 24.1 Å². The van der Waals surface area contributed by atoms with Gasteiger partial charge in [0, 0.05) is 11.6 Å². The molecule has 0 unspecified atom stereocenters. The topological polar surface area (TPSA) is 74.1 Å². The summed E-state index contributed by atoms with van der Waals surface area (Å²) in [6.45, 7) is 4.69. The van der Waals surface area contributed by atoms with Gasteiger partial charge in [-0.25, -0.2) is 4.68 Å². The molecule has 2 aliphatic rings. The molecule has 1 saturated carbocycles. The average Bonchev–Trinajstić information content (AvgIpc) is 3.17. The lowest BCUT2D eigenvalue weighted by atomic mass is 9.96. The third-order valence-electron chi connectivity index (χ3n) is 4.63. The number of anilines is 1. The summed E-state index contributed by atoms with van der Waals surface area (Å²) in [7, 11) is 5.72. The van der Waals surface area contributed by atoms with E-state index in [4.69, 9.17) is 17.3 Å². The molecule has 0 bridgehead atoms. The molecular formula is C16H20BN5O2. The maximum Gasteiger partial charge on any atom is 0.177 e. The standard InChI is InChI=1S/C16H20BN5O2/c1-11-4-12(17)5-18-13(11)6-19-14-7-22(21-20-14)8-15-23-9-16(2-3-16)10-24-15/h4-5,7,15,19H,2-3,6,8-10H2,1H3. The fourth-order valence-electron chi connectivity index (χ4n) is 2.81. The van der Waals surface area contributed by atoms with Gasteiger partial charge >= 0.3 is 0 Å². The SMILES string of the molecule is [B]c1cnc(CNc2cn(CC3OCC4(CC4)CO3)nn2)c(C)c1. The van der Waals surface area contributed by atoms with Gasteiger partial charge in [0.15, 0.2) is 12.1 Å². The van der Waals surface area contributed by atoms with Crippen LogP contribution < -0.4 is 10.8 Å². The predicted molar refractivity (Wildman–Crippen MR) is 89.1 cm³/mol. The zero-order valence-electron chi connectivity index (χ0n) is 13.7. The summed E-state index contributed by atoms with van der Waals surface area (Å²) in [5, 5.41) is 11.5. The number of pyridine rings is 1. The molecule has 2 fully saturated rings. The van der Waals surface area contributed by atoms with Crippen molar-refractivity contribution in [2.75, 3.05) is 18.5 Å². The summed E-state index contributed by atoms with van der Waals surface area (Å²) >= 11 is 0. The molecule has 1 spiro atoms. The normalized spacial score (nSPS) is 19.5. The second-order valence-corrected chi connectivity index (χ2v) is 6.76. The Morgan fingerprint density at radius 1 is 1.38 bits per heavy atom. The lowest BCUT2D eigenvalue weighted by molar-refractivity contribution is -0.213. The van der Waals surface area contributed by atoms with Crippen LogP contribution in [0.5, 0.6) is 0 Å². The van der Waals surface area contributed by atoms with Crippen molar-refractivity contribution in [3.05, 3.63) is 29.7 Å². The van der Waals surface area contributed by atoms with Gasteiger partial charge in [-0.1, -0.05) is 16.7 Å². The van der Waals surface area contributed by atoms with E-state index >= 15 is 0 Å². The van der Waals surface area contributed by atoms with Gasteiger partial charge in [0.25, 0.3) is 0 Å². The lowest BCUT2D eigenvalue weighted by Crippen LogP contribution is -2.36. The van der Waals surface area contributed by atoms with Crippen LogP contribution in [-0.2, 0) is 22.6 Å². The Morgan fingerprint density at radius 3 is 2.88 bits per heavy atom. The highest BCUT2D eigenvalue weighted by atomic mass is 16.7. The Morgan fingerprint density at radius 2 is 2.17 bits per heavy atom. The van der Waals surface area contributed by atoms with Crippen LogP contribution in [0, 0.1) is 12.3 Å². The molecular weight excluding hydrogens is 305 g/mol. The van der Waals surface area contributed by atoms with E-state index in [9.17, 15) is 0 Å². The largest absolute Gasteiger partial charge is 0.362 e. The van der Waals surface area contributed by atoms with Crippen LogP contribution in [0.4, 0.5) is 5.82 Å². The highest BCUT2D eigenvalue weighted by Crippen LogP contribution is 2.48. The predicted octanol–water partition coefficient (Wildman–Crippen LogP) is 0.541. The number of nitrogens with one attached hydrogen (secondary N) is 1. The molecule has 124 valence electrons. The number of ether oxygens (including phenoxy) is 2. The first-order valence-electron chi connectivity index (χ1n) is 8.20. The van der Waals surface area contributed by atoms with Crippen molar-refractivity contribution in [2.24, 2.45) is 5.41 Å². The second-order valence-electron chi connectivity index (χ2n) is 6.76. The molecule has 2 aromatic rings. The summed E-state index contributed by atoms with van der Waals surface area (Å²) in [4.78, 5) is 4.33. The first-order chi connectivity index (χ1) is 11.6. The maximum absolute atomic E-state index is 5.77. The summed E-state index contributed by atoms with van der Waals surface area (Å²) in [6, 6.07) is 1.91. The Labute approximate surface area is 142 Å². The van der Waals surface area contributed by atoms with E-state index < -0.39 is 0 Å². The summed E-state index contributed by atoms with van der Waals surface area (Å²) < 4.78 is 13.3. The second kappa shape index (κ2) is 6.18. The first kappa shape index (κ1) is 15.6. The molecule has 2 radical (unpaired) electrons. The Bertz CT molecular complexity index is 721. The van der Waals surface area contributed by atoms with Gasteiger partial charge in [-0.3, -0.25) is 4.98 Å².